The normalized spacial score (nSPS) is 10.7. The Morgan fingerprint density at radius 1 is 1.22 bits per heavy atom. The largest absolute Gasteiger partial charge is 0.497 e. The highest BCUT2D eigenvalue weighted by Crippen LogP contribution is 2.29. The van der Waals surface area contributed by atoms with Crippen LogP contribution in [0.4, 0.5) is 0 Å². The van der Waals surface area contributed by atoms with Gasteiger partial charge in [-0.2, -0.15) is 4.98 Å². The summed E-state index contributed by atoms with van der Waals surface area (Å²) in [6.45, 7) is 6.15. The van der Waals surface area contributed by atoms with Gasteiger partial charge in [-0.25, -0.2) is 0 Å². The van der Waals surface area contributed by atoms with Crippen LogP contribution in [-0.2, 0) is 6.42 Å². The number of aryl methyl sites for hydroxylation is 3. The molecular formula is C14H18N2O2. The number of nitrogens with zero attached hydrogens (tertiary/aromatic N) is 2. The predicted octanol–water partition coefficient (Wildman–Crippen LogP) is 3.31. The van der Waals surface area contributed by atoms with Gasteiger partial charge in [-0.05, 0) is 43.5 Å². The van der Waals surface area contributed by atoms with Crippen LogP contribution in [0.15, 0.2) is 16.7 Å². The minimum atomic E-state index is 0.663. The number of hydrogen-bond donors (Lipinski definition) is 0. The van der Waals surface area contributed by atoms with Gasteiger partial charge in [0, 0.05) is 12.0 Å². The Hall–Kier alpha value is -1.84. The monoisotopic (exact) mass is 246 g/mol. The van der Waals surface area contributed by atoms with E-state index in [1.165, 1.54) is 0 Å². The second kappa shape index (κ2) is 5.21. The summed E-state index contributed by atoms with van der Waals surface area (Å²) >= 11 is 0. The molecule has 0 N–H and O–H groups in total. The fraction of sp³-hybridized carbons (Fsp3) is 0.429. The summed E-state index contributed by atoms with van der Waals surface area (Å²) in [6.07, 6.45) is 1.82. The van der Waals surface area contributed by atoms with Crippen LogP contribution >= 0.6 is 0 Å². The van der Waals surface area contributed by atoms with E-state index in [9.17, 15) is 0 Å². The zero-order valence-electron chi connectivity index (χ0n) is 11.3. The second-order valence-corrected chi connectivity index (χ2v) is 4.40. The van der Waals surface area contributed by atoms with E-state index in [1.54, 1.807) is 7.11 Å². The Morgan fingerprint density at radius 3 is 2.44 bits per heavy atom. The van der Waals surface area contributed by atoms with Crippen molar-refractivity contribution in [3.63, 3.8) is 0 Å². The fourth-order valence-electron chi connectivity index (χ4n) is 2.07. The second-order valence-electron chi connectivity index (χ2n) is 4.40. The van der Waals surface area contributed by atoms with Crippen molar-refractivity contribution < 1.29 is 9.26 Å². The van der Waals surface area contributed by atoms with Crippen LogP contribution in [0, 0.1) is 13.8 Å². The standard InChI is InChI=1S/C14H18N2O2/c1-5-6-12-15-14(16-18-12)13-9(2)7-11(17-4)8-10(13)3/h7-8H,5-6H2,1-4H3. The van der Waals surface area contributed by atoms with E-state index >= 15 is 0 Å². The van der Waals surface area contributed by atoms with Gasteiger partial charge in [0.25, 0.3) is 0 Å². The van der Waals surface area contributed by atoms with Crippen LogP contribution in [0.1, 0.15) is 30.4 Å². The third-order valence-corrected chi connectivity index (χ3v) is 2.90. The first kappa shape index (κ1) is 12.6. The smallest absolute Gasteiger partial charge is 0.226 e. The molecular weight excluding hydrogens is 228 g/mol. The molecule has 2 aromatic rings. The Balaban J connectivity index is 2.43. The average molecular weight is 246 g/mol. The quantitative estimate of drug-likeness (QED) is 0.830. The third-order valence-electron chi connectivity index (χ3n) is 2.90. The van der Waals surface area contributed by atoms with E-state index < -0.39 is 0 Å². The first-order valence-corrected chi connectivity index (χ1v) is 6.14. The molecule has 1 heterocycles. The van der Waals surface area contributed by atoms with Gasteiger partial charge in [0.15, 0.2) is 0 Å². The Morgan fingerprint density at radius 2 is 1.89 bits per heavy atom. The molecule has 0 fully saturated rings. The third kappa shape index (κ3) is 2.37. The molecule has 1 aromatic carbocycles. The van der Waals surface area contributed by atoms with E-state index in [1.807, 2.05) is 26.0 Å². The maximum Gasteiger partial charge on any atom is 0.226 e. The van der Waals surface area contributed by atoms with Crippen molar-refractivity contribution in [3.8, 4) is 17.1 Å². The Labute approximate surface area is 107 Å². The number of aromatic nitrogens is 2. The van der Waals surface area contributed by atoms with Crippen molar-refractivity contribution in [2.24, 2.45) is 0 Å². The molecule has 0 saturated carbocycles. The van der Waals surface area contributed by atoms with Crippen molar-refractivity contribution in [2.45, 2.75) is 33.6 Å². The average Bonchev–Trinajstić information content (AvgIpc) is 2.77. The molecule has 0 aliphatic carbocycles. The lowest BCUT2D eigenvalue weighted by Crippen LogP contribution is -1.93. The zero-order valence-corrected chi connectivity index (χ0v) is 11.3. The van der Waals surface area contributed by atoms with Crippen LogP contribution in [0.3, 0.4) is 0 Å². The fourth-order valence-corrected chi connectivity index (χ4v) is 2.07. The molecule has 0 saturated heterocycles. The van der Waals surface area contributed by atoms with Crippen LogP contribution in [0.2, 0.25) is 0 Å². The molecule has 0 bridgehead atoms. The summed E-state index contributed by atoms with van der Waals surface area (Å²) in [4.78, 5) is 4.43. The van der Waals surface area contributed by atoms with E-state index in [0.717, 1.165) is 35.3 Å². The van der Waals surface area contributed by atoms with Crippen molar-refractivity contribution in [1.82, 2.24) is 10.1 Å². The Bertz CT molecular complexity index is 523. The SMILES string of the molecule is CCCc1nc(-c2c(C)cc(OC)cc2C)no1. The molecule has 0 unspecified atom stereocenters. The van der Waals surface area contributed by atoms with Crippen LogP contribution in [-0.4, -0.2) is 17.3 Å². The zero-order chi connectivity index (χ0) is 13.1. The van der Waals surface area contributed by atoms with Gasteiger partial charge in [-0.3, -0.25) is 0 Å². The number of rotatable bonds is 4. The first-order chi connectivity index (χ1) is 8.65. The number of hydrogen-bond acceptors (Lipinski definition) is 4. The van der Waals surface area contributed by atoms with Crippen LogP contribution in [0.25, 0.3) is 11.4 Å². The van der Waals surface area contributed by atoms with Gasteiger partial charge in [-0.1, -0.05) is 12.1 Å². The molecule has 2 rings (SSSR count). The van der Waals surface area contributed by atoms with Crippen molar-refractivity contribution >= 4 is 0 Å². The van der Waals surface area contributed by atoms with Crippen LogP contribution in [0.5, 0.6) is 5.75 Å². The highest BCUT2D eigenvalue weighted by Gasteiger charge is 2.14. The van der Waals surface area contributed by atoms with E-state index in [4.69, 9.17) is 9.26 Å². The van der Waals surface area contributed by atoms with Gasteiger partial charge < -0.3 is 9.26 Å². The first-order valence-electron chi connectivity index (χ1n) is 6.14. The summed E-state index contributed by atoms with van der Waals surface area (Å²) < 4.78 is 10.5. The molecule has 4 nitrogen and oxygen atoms in total. The summed E-state index contributed by atoms with van der Waals surface area (Å²) in [5.74, 6) is 2.21. The number of ether oxygens (including phenoxy) is 1. The lowest BCUT2D eigenvalue weighted by Gasteiger charge is -2.08. The minimum Gasteiger partial charge on any atom is -0.497 e. The minimum absolute atomic E-state index is 0.663. The van der Waals surface area contributed by atoms with Crippen molar-refractivity contribution in [2.75, 3.05) is 7.11 Å². The molecule has 0 radical (unpaired) electrons. The Kier molecular flexibility index (Phi) is 3.65. The van der Waals surface area contributed by atoms with E-state index in [2.05, 4.69) is 17.1 Å². The molecule has 18 heavy (non-hydrogen) atoms. The van der Waals surface area contributed by atoms with Crippen LogP contribution < -0.4 is 4.74 Å². The lowest BCUT2D eigenvalue weighted by atomic mass is 10.0. The summed E-state index contributed by atoms with van der Waals surface area (Å²) in [5, 5.41) is 4.06. The van der Waals surface area contributed by atoms with E-state index in [-0.39, 0.29) is 0 Å². The number of benzene rings is 1. The van der Waals surface area contributed by atoms with Gasteiger partial charge in [0.1, 0.15) is 5.75 Å². The van der Waals surface area contributed by atoms with Crippen molar-refractivity contribution in [1.29, 1.82) is 0 Å². The van der Waals surface area contributed by atoms with Gasteiger partial charge >= 0.3 is 0 Å². The maximum atomic E-state index is 5.25. The highest BCUT2D eigenvalue weighted by atomic mass is 16.5. The molecule has 0 spiro atoms. The van der Waals surface area contributed by atoms with Gasteiger partial charge in [0.2, 0.25) is 11.7 Å². The number of methoxy groups -OCH3 is 1. The maximum absolute atomic E-state index is 5.25. The topological polar surface area (TPSA) is 48.2 Å². The lowest BCUT2D eigenvalue weighted by molar-refractivity contribution is 0.377. The summed E-state index contributed by atoms with van der Waals surface area (Å²) in [7, 11) is 1.67. The van der Waals surface area contributed by atoms with Gasteiger partial charge in [-0.15, -0.1) is 0 Å². The molecule has 96 valence electrons. The molecule has 0 atom stereocenters. The summed E-state index contributed by atoms with van der Waals surface area (Å²) in [6, 6.07) is 3.97. The highest BCUT2D eigenvalue weighted by molar-refractivity contribution is 5.65. The molecule has 4 heteroatoms. The molecule has 0 aliphatic rings. The van der Waals surface area contributed by atoms with Crippen molar-refractivity contribution in [3.05, 3.63) is 29.2 Å². The summed E-state index contributed by atoms with van der Waals surface area (Å²) in [5.41, 5.74) is 3.22. The molecule has 1 aromatic heterocycles. The predicted molar refractivity (Wildman–Crippen MR) is 69.8 cm³/mol. The van der Waals surface area contributed by atoms with E-state index in [0.29, 0.717) is 11.7 Å². The van der Waals surface area contributed by atoms with Gasteiger partial charge in [0.05, 0.1) is 7.11 Å². The molecule has 0 amide bonds. The molecule has 0 aliphatic heterocycles.